The van der Waals surface area contributed by atoms with Crippen molar-refractivity contribution in [3.05, 3.63) is 65.5 Å². The number of hydrogen-bond acceptors (Lipinski definition) is 4. The molecule has 4 nitrogen and oxygen atoms in total. The molecule has 1 N–H and O–H groups in total. The highest BCUT2D eigenvalue weighted by Gasteiger charge is 2.47. The van der Waals surface area contributed by atoms with Crippen molar-refractivity contribution in [1.82, 2.24) is 9.88 Å². The Morgan fingerprint density at radius 2 is 1.88 bits per heavy atom. The number of fused-ring (bicyclic) bond motifs is 2. The van der Waals surface area contributed by atoms with Gasteiger partial charge in [-0.3, -0.25) is 9.88 Å². The lowest BCUT2D eigenvalue weighted by molar-refractivity contribution is -0.149. The number of morpholine rings is 1. The number of aliphatic hydroxyl groups is 1. The topological polar surface area (TPSA) is 45.6 Å². The fourth-order valence-electron chi connectivity index (χ4n) is 4.14. The molecule has 2 fully saturated rings. The lowest BCUT2D eigenvalue weighted by Crippen LogP contribution is -2.60. The van der Waals surface area contributed by atoms with E-state index in [9.17, 15) is 5.11 Å². The van der Waals surface area contributed by atoms with E-state index in [0.717, 1.165) is 17.7 Å². The lowest BCUT2D eigenvalue weighted by Gasteiger charge is -2.51. The van der Waals surface area contributed by atoms with Crippen LogP contribution in [0.2, 0.25) is 0 Å². The normalized spacial score (nSPS) is 30.2. The van der Waals surface area contributed by atoms with Gasteiger partial charge < -0.3 is 9.84 Å². The molecule has 0 saturated carbocycles. The molecular formula is C20H24N2O2. The average Bonchev–Trinajstić information content (AvgIpc) is 2.57. The van der Waals surface area contributed by atoms with Crippen LogP contribution in [0.5, 0.6) is 0 Å². The van der Waals surface area contributed by atoms with Crippen molar-refractivity contribution in [1.29, 1.82) is 0 Å². The molecule has 0 amide bonds. The third kappa shape index (κ3) is 2.97. The maximum absolute atomic E-state index is 11.3. The monoisotopic (exact) mass is 324 g/mol. The number of piperidine rings is 1. The molecule has 1 aromatic heterocycles. The van der Waals surface area contributed by atoms with Crippen LogP contribution in [0.15, 0.2) is 48.8 Å². The summed E-state index contributed by atoms with van der Waals surface area (Å²) in [4.78, 5) is 6.79. The first-order valence-electron chi connectivity index (χ1n) is 8.66. The van der Waals surface area contributed by atoms with Crippen molar-refractivity contribution < 1.29 is 9.84 Å². The van der Waals surface area contributed by atoms with Crippen LogP contribution in [0, 0.1) is 6.92 Å². The van der Waals surface area contributed by atoms with Crippen molar-refractivity contribution in [2.45, 2.75) is 44.0 Å². The van der Waals surface area contributed by atoms with Gasteiger partial charge in [0.05, 0.1) is 18.8 Å². The zero-order valence-corrected chi connectivity index (χ0v) is 14.1. The fourth-order valence-corrected chi connectivity index (χ4v) is 4.14. The Kier molecular flexibility index (Phi) is 4.12. The second kappa shape index (κ2) is 6.28. The zero-order valence-electron chi connectivity index (χ0n) is 14.1. The van der Waals surface area contributed by atoms with Crippen molar-refractivity contribution in [2.75, 3.05) is 13.2 Å². The predicted octanol–water partition coefficient (Wildman–Crippen LogP) is 2.64. The predicted molar refractivity (Wildman–Crippen MR) is 92.5 cm³/mol. The van der Waals surface area contributed by atoms with Gasteiger partial charge in [0.25, 0.3) is 0 Å². The Morgan fingerprint density at radius 3 is 2.54 bits per heavy atom. The van der Waals surface area contributed by atoms with Crippen LogP contribution in [0.4, 0.5) is 0 Å². The van der Waals surface area contributed by atoms with Crippen LogP contribution in [0.25, 0.3) is 0 Å². The molecule has 0 radical (unpaired) electrons. The summed E-state index contributed by atoms with van der Waals surface area (Å²) >= 11 is 0. The van der Waals surface area contributed by atoms with E-state index in [1.54, 1.807) is 0 Å². The smallest absolute Gasteiger partial charge is 0.0943 e. The third-order valence-corrected chi connectivity index (χ3v) is 5.33. The van der Waals surface area contributed by atoms with Gasteiger partial charge in [-0.15, -0.1) is 0 Å². The third-order valence-electron chi connectivity index (χ3n) is 5.33. The molecule has 1 aromatic carbocycles. The largest absolute Gasteiger partial charge is 0.385 e. The molecule has 2 aliphatic rings. The fraction of sp³-hybridized carbons (Fsp3) is 0.450. The summed E-state index contributed by atoms with van der Waals surface area (Å²) in [6, 6.07) is 13.1. The first-order valence-corrected chi connectivity index (χ1v) is 8.66. The first-order chi connectivity index (χ1) is 11.6. The number of hydrogen-bond donors (Lipinski definition) is 1. The van der Waals surface area contributed by atoms with Gasteiger partial charge in [-0.2, -0.15) is 0 Å². The molecule has 0 aliphatic carbocycles. The van der Waals surface area contributed by atoms with E-state index in [2.05, 4.69) is 40.2 Å². The first kappa shape index (κ1) is 15.8. The van der Waals surface area contributed by atoms with Crippen molar-refractivity contribution in [3.8, 4) is 0 Å². The van der Waals surface area contributed by atoms with Crippen molar-refractivity contribution in [2.24, 2.45) is 0 Å². The van der Waals surface area contributed by atoms with E-state index >= 15 is 0 Å². The van der Waals surface area contributed by atoms with Gasteiger partial charge in [0.2, 0.25) is 0 Å². The lowest BCUT2D eigenvalue weighted by atomic mass is 9.77. The minimum atomic E-state index is -0.800. The number of aryl methyl sites for hydroxylation is 1. The molecule has 0 spiro atoms. The summed E-state index contributed by atoms with van der Waals surface area (Å²) in [6.45, 7) is 4.31. The molecule has 126 valence electrons. The number of ether oxygens (including phenoxy) is 1. The maximum atomic E-state index is 11.3. The highest BCUT2D eigenvalue weighted by atomic mass is 16.5. The number of pyridine rings is 1. The van der Waals surface area contributed by atoms with Crippen LogP contribution in [0.3, 0.4) is 0 Å². The Balaban J connectivity index is 1.58. The quantitative estimate of drug-likeness (QED) is 0.943. The van der Waals surface area contributed by atoms with E-state index in [1.807, 2.05) is 25.4 Å². The van der Waals surface area contributed by atoms with Crippen LogP contribution >= 0.6 is 0 Å². The maximum Gasteiger partial charge on any atom is 0.0943 e. The summed E-state index contributed by atoms with van der Waals surface area (Å²) < 4.78 is 5.79. The summed E-state index contributed by atoms with van der Waals surface area (Å²) in [5.41, 5.74) is 2.55. The van der Waals surface area contributed by atoms with Gasteiger partial charge in [0, 0.05) is 36.6 Å². The Bertz CT molecular complexity index is 690. The standard InChI is InChI=1S/C20H24N2O2/c1-15-7-17(11-21-10-15)20(23)8-18-13-24-14-19(9-20)22(18)12-16-5-3-2-4-6-16/h2-7,10-11,18-19,23H,8-9,12-14H2,1H3. The molecule has 3 heterocycles. The van der Waals surface area contributed by atoms with E-state index in [0.29, 0.717) is 26.1 Å². The molecule has 2 aliphatic heterocycles. The minimum absolute atomic E-state index is 0.239. The number of aromatic nitrogens is 1. The van der Waals surface area contributed by atoms with Gasteiger partial charge in [0.15, 0.2) is 0 Å². The number of rotatable bonds is 3. The molecular weight excluding hydrogens is 300 g/mol. The molecule has 4 heteroatoms. The van der Waals surface area contributed by atoms with Crippen LogP contribution in [-0.4, -0.2) is 40.3 Å². The Hall–Kier alpha value is -1.75. The van der Waals surface area contributed by atoms with Gasteiger partial charge in [-0.05, 0) is 30.9 Å². The zero-order chi connectivity index (χ0) is 16.6. The van der Waals surface area contributed by atoms with Crippen LogP contribution in [0.1, 0.15) is 29.5 Å². The number of benzene rings is 1. The molecule has 2 atom stereocenters. The van der Waals surface area contributed by atoms with E-state index in [4.69, 9.17) is 4.74 Å². The van der Waals surface area contributed by atoms with Crippen LogP contribution in [-0.2, 0) is 16.9 Å². The minimum Gasteiger partial charge on any atom is -0.385 e. The van der Waals surface area contributed by atoms with E-state index < -0.39 is 5.60 Å². The second-order valence-electron chi connectivity index (χ2n) is 7.19. The summed E-state index contributed by atoms with van der Waals surface area (Å²) in [6.07, 6.45) is 5.04. The van der Waals surface area contributed by atoms with Gasteiger partial charge in [-0.1, -0.05) is 36.4 Å². The molecule has 2 unspecified atom stereocenters. The SMILES string of the molecule is Cc1cncc(C2(O)CC3COCC(C2)N3Cc2ccccc2)c1. The van der Waals surface area contributed by atoms with Crippen LogP contribution < -0.4 is 0 Å². The highest BCUT2D eigenvalue weighted by molar-refractivity contribution is 5.25. The molecule has 4 rings (SSSR count). The Labute approximate surface area is 143 Å². The number of nitrogens with zero attached hydrogens (tertiary/aromatic N) is 2. The average molecular weight is 324 g/mol. The second-order valence-corrected chi connectivity index (χ2v) is 7.19. The summed E-state index contributed by atoms with van der Waals surface area (Å²) in [7, 11) is 0. The molecule has 2 saturated heterocycles. The summed E-state index contributed by atoms with van der Waals surface area (Å²) in [5.74, 6) is 0. The highest BCUT2D eigenvalue weighted by Crippen LogP contribution is 2.41. The van der Waals surface area contributed by atoms with Gasteiger partial charge in [-0.25, -0.2) is 0 Å². The van der Waals surface area contributed by atoms with Gasteiger partial charge in [0.1, 0.15) is 0 Å². The van der Waals surface area contributed by atoms with E-state index in [1.165, 1.54) is 5.56 Å². The molecule has 24 heavy (non-hydrogen) atoms. The van der Waals surface area contributed by atoms with Crippen molar-refractivity contribution >= 4 is 0 Å². The van der Waals surface area contributed by atoms with E-state index in [-0.39, 0.29) is 12.1 Å². The Morgan fingerprint density at radius 1 is 1.17 bits per heavy atom. The molecule has 2 bridgehead atoms. The molecule has 2 aromatic rings. The van der Waals surface area contributed by atoms with Gasteiger partial charge >= 0.3 is 0 Å². The van der Waals surface area contributed by atoms with Crippen molar-refractivity contribution in [3.63, 3.8) is 0 Å². The summed E-state index contributed by atoms with van der Waals surface area (Å²) in [5, 5.41) is 11.3.